The van der Waals surface area contributed by atoms with Crippen molar-refractivity contribution in [3.63, 3.8) is 0 Å². The topological polar surface area (TPSA) is 67.6 Å². The van der Waals surface area contributed by atoms with Crippen molar-refractivity contribution >= 4 is 24.2 Å². The van der Waals surface area contributed by atoms with Gasteiger partial charge in [0, 0.05) is 31.4 Å². The average Bonchev–Trinajstić information content (AvgIpc) is 2.85. The highest BCUT2D eigenvalue weighted by Gasteiger charge is 2.29. The molecule has 5 nitrogen and oxygen atoms in total. The van der Waals surface area contributed by atoms with E-state index in [0.717, 1.165) is 25.2 Å². The molecular weight excluding hydrogens is 302 g/mol. The van der Waals surface area contributed by atoms with Crippen LogP contribution in [-0.4, -0.2) is 35.7 Å². The van der Waals surface area contributed by atoms with Gasteiger partial charge in [0.25, 0.3) is 0 Å². The highest BCUT2D eigenvalue weighted by atomic mass is 35.5. The molecule has 0 aliphatic carbocycles. The smallest absolute Gasteiger partial charge is 0.410 e. The number of carbonyl (C=O) groups excluding carboxylic acids is 1. The summed E-state index contributed by atoms with van der Waals surface area (Å²) in [5, 5.41) is 3.47. The number of halogens is 1. The number of nitrogens with two attached hydrogens (primary N) is 1. The van der Waals surface area contributed by atoms with E-state index in [-0.39, 0.29) is 18.5 Å². The second-order valence-corrected chi connectivity index (χ2v) is 6.53. The molecule has 0 radical (unpaired) electrons. The van der Waals surface area contributed by atoms with Gasteiger partial charge in [0.2, 0.25) is 0 Å². The molecule has 1 fully saturated rings. The van der Waals surface area contributed by atoms with E-state index in [4.69, 9.17) is 10.5 Å². The van der Waals surface area contributed by atoms with Gasteiger partial charge in [0.05, 0.1) is 0 Å². The summed E-state index contributed by atoms with van der Waals surface area (Å²) >= 11 is 0. The summed E-state index contributed by atoms with van der Waals surface area (Å²) in [6.45, 7) is 7.89. The third kappa shape index (κ3) is 5.73. The number of hydrogen-bond acceptors (Lipinski definition) is 4. The summed E-state index contributed by atoms with van der Waals surface area (Å²) in [5.74, 6) is 0. The number of benzene rings is 1. The zero-order valence-corrected chi connectivity index (χ0v) is 14.3. The zero-order chi connectivity index (χ0) is 15.5. The fourth-order valence-electron chi connectivity index (χ4n) is 2.32. The quantitative estimate of drug-likeness (QED) is 0.838. The average molecular weight is 328 g/mol. The fraction of sp³-hybridized carbons (Fsp3) is 0.562. The summed E-state index contributed by atoms with van der Waals surface area (Å²) in [5.41, 5.74) is 7.20. The van der Waals surface area contributed by atoms with Crippen LogP contribution in [-0.2, 0) is 11.3 Å². The maximum Gasteiger partial charge on any atom is 0.410 e. The molecule has 1 aromatic carbocycles. The van der Waals surface area contributed by atoms with E-state index in [0.29, 0.717) is 12.6 Å². The second-order valence-electron chi connectivity index (χ2n) is 6.53. The molecule has 0 aromatic heterocycles. The van der Waals surface area contributed by atoms with Crippen molar-refractivity contribution in [2.75, 3.05) is 18.8 Å². The van der Waals surface area contributed by atoms with E-state index in [9.17, 15) is 4.79 Å². The Kier molecular flexibility index (Phi) is 6.50. The molecule has 1 aliphatic heterocycles. The van der Waals surface area contributed by atoms with E-state index in [1.807, 2.05) is 45.0 Å². The number of anilines is 1. The number of hydrogen-bond donors (Lipinski definition) is 2. The largest absolute Gasteiger partial charge is 0.444 e. The van der Waals surface area contributed by atoms with Crippen molar-refractivity contribution in [3.05, 3.63) is 29.8 Å². The van der Waals surface area contributed by atoms with Gasteiger partial charge >= 0.3 is 6.09 Å². The molecule has 0 saturated carbocycles. The van der Waals surface area contributed by atoms with Crippen molar-refractivity contribution in [3.8, 4) is 0 Å². The highest BCUT2D eigenvalue weighted by Crippen LogP contribution is 2.16. The number of nitrogens with one attached hydrogen (secondary N) is 1. The molecule has 0 unspecified atom stereocenters. The maximum absolute atomic E-state index is 12.0. The molecule has 1 heterocycles. The third-order valence-electron chi connectivity index (χ3n) is 3.41. The van der Waals surface area contributed by atoms with Crippen LogP contribution >= 0.6 is 12.4 Å². The number of rotatable bonds is 3. The van der Waals surface area contributed by atoms with Gasteiger partial charge in [-0.05, 0) is 44.9 Å². The SMILES string of the molecule is CC(C)(C)OC(=O)N1CC[C@H](NCc2ccc(N)cc2)C1.Cl. The number of ether oxygens (including phenoxy) is 1. The predicted octanol–water partition coefficient (Wildman–Crippen LogP) is 2.79. The first-order valence-electron chi connectivity index (χ1n) is 7.39. The Morgan fingerprint density at radius 2 is 2.00 bits per heavy atom. The van der Waals surface area contributed by atoms with Gasteiger partial charge in [-0.1, -0.05) is 12.1 Å². The molecule has 22 heavy (non-hydrogen) atoms. The molecule has 1 aromatic rings. The van der Waals surface area contributed by atoms with Gasteiger partial charge in [0.15, 0.2) is 0 Å². The molecular formula is C16H26ClN3O2. The van der Waals surface area contributed by atoms with Crippen molar-refractivity contribution < 1.29 is 9.53 Å². The molecule has 1 aliphatic rings. The monoisotopic (exact) mass is 327 g/mol. The lowest BCUT2D eigenvalue weighted by atomic mass is 10.2. The maximum atomic E-state index is 12.0. The van der Waals surface area contributed by atoms with Crippen LogP contribution in [0.25, 0.3) is 0 Å². The molecule has 6 heteroatoms. The van der Waals surface area contributed by atoms with E-state index in [1.165, 1.54) is 5.56 Å². The number of carbonyl (C=O) groups is 1. The fourth-order valence-corrected chi connectivity index (χ4v) is 2.32. The molecule has 1 atom stereocenters. The van der Waals surface area contributed by atoms with Crippen molar-refractivity contribution in [1.82, 2.24) is 10.2 Å². The minimum atomic E-state index is -0.438. The number of likely N-dealkylation sites (tertiary alicyclic amines) is 1. The minimum Gasteiger partial charge on any atom is -0.444 e. The minimum absolute atomic E-state index is 0. The molecule has 3 N–H and O–H groups in total. The van der Waals surface area contributed by atoms with Crippen LogP contribution in [0.4, 0.5) is 10.5 Å². The molecule has 1 saturated heterocycles. The molecule has 0 spiro atoms. The Labute approximate surface area is 138 Å². The summed E-state index contributed by atoms with van der Waals surface area (Å²) in [4.78, 5) is 13.8. The van der Waals surface area contributed by atoms with Crippen molar-refractivity contribution in [2.24, 2.45) is 0 Å². The van der Waals surface area contributed by atoms with Crippen LogP contribution in [0.3, 0.4) is 0 Å². The van der Waals surface area contributed by atoms with Crippen LogP contribution in [0.5, 0.6) is 0 Å². The van der Waals surface area contributed by atoms with E-state index in [1.54, 1.807) is 4.90 Å². The van der Waals surface area contributed by atoms with Gasteiger partial charge in [-0.3, -0.25) is 0 Å². The van der Waals surface area contributed by atoms with Gasteiger partial charge in [-0.25, -0.2) is 4.79 Å². The lowest BCUT2D eigenvalue weighted by molar-refractivity contribution is 0.0291. The Bertz CT molecular complexity index is 485. The first kappa shape index (κ1) is 18.6. The third-order valence-corrected chi connectivity index (χ3v) is 3.41. The van der Waals surface area contributed by atoms with Crippen LogP contribution < -0.4 is 11.1 Å². The number of amides is 1. The van der Waals surface area contributed by atoms with Gasteiger partial charge in [-0.2, -0.15) is 0 Å². The van der Waals surface area contributed by atoms with E-state index < -0.39 is 5.60 Å². The highest BCUT2D eigenvalue weighted by molar-refractivity contribution is 5.85. The number of nitrogens with zero attached hydrogens (tertiary/aromatic N) is 1. The van der Waals surface area contributed by atoms with Crippen LogP contribution in [0, 0.1) is 0 Å². The van der Waals surface area contributed by atoms with Crippen LogP contribution in [0.1, 0.15) is 32.8 Å². The summed E-state index contributed by atoms with van der Waals surface area (Å²) in [6.07, 6.45) is 0.730. The van der Waals surface area contributed by atoms with Crippen LogP contribution in [0.15, 0.2) is 24.3 Å². The Morgan fingerprint density at radius 1 is 1.36 bits per heavy atom. The zero-order valence-electron chi connectivity index (χ0n) is 13.5. The lowest BCUT2D eigenvalue weighted by Crippen LogP contribution is -2.38. The first-order chi connectivity index (χ1) is 9.83. The van der Waals surface area contributed by atoms with Crippen LogP contribution in [0.2, 0.25) is 0 Å². The summed E-state index contributed by atoms with van der Waals surface area (Å²) in [7, 11) is 0. The van der Waals surface area contributed by atoms with Crippen molar-refractivity contribution in [1.29, 1.82) is 0 Å². The standard InChI is InChI=1S/C16H25N3O2.ClH/c1-16(2,3)21-15(20)19-9-8-14(11-19)18-10-12-4-6-13(17)7-5-12;/h4-7,14,18H,8-11,17H2,1-3H3;1H/t14-;/m0./s1. The Balaban J connectivity index is 0.00000242. The normalized spacial score (nSPS) is 18.0. The molecule has 1 amide bonds. The first-order valence-corrected chi connectivity index (χ1v) is 7.39. The van der Waals surface area contributed by atoms with Gasteiger partial charge in [0.1, 0.15) is 5.60 Å². The Morgan fingerprint density at radius 3 is 2.59 bits per heavy atom. The molecule has 2 rings (SSSR count). The molecule has 124 valence electrons. The molecule has 0 bridgehead atoms. The lowest BCUT2D eigenvalue weighted by Gasteiger charge is -2.24. The van der Waals surface area contributed by atoms with Gasteiger partial charge in [-0.15, -0.1) is 12.4 Å². The Hall–Kier alpha value is -1.46. The van der Waals surface area contributed by atoms with E-state index in [2.05, 4.69) is 5.32 Å². The summed E-state index contributed by atoms with van der Waals surface area (Å²) in [6, 6.07) is 8.15. The summed E-state index contributed by atoms with van der Waals surface area (Å²) < 4.78 is 5.39. The van der Waals surface area contributed by atoms with Gasteiger partial charge < -0.3 is 20.7 Å². The van der Waals surface area contributed by atoms with E-state index >= 15 is 0 Å². The van der Waals surface area contributed by atoms with Crippen molar-refractivity contribution in [2.45, 2.75) is 45.4 Å². The second kappa shape index (κ2) is 7.70. The predicted molar refractivity (Wildman–Crippen MR) is 91.2 cm³/mol. The number of nitrogen functional groups attached to an aromatic ring is 1.